The monoisotopic (exact) mass is 330 g/mol. The van der Waals surface area contributed by atoms with E-state index in [0.29, 0.717) is 6.61 Å². The highest BCUT2D eigenvalue weighted by Gasteiger charge is 3.00. The van der Waals surface area contributed by atoms with Gasteiger partial charge in [0.05, 0.1) is 24.8 Å². The summed E-state index contributed by atoms with van der Waals surface area (Å²) in [5.41, 5.74) is 3.49. The first-order valence-electron chi connectivity index (χ1n) is 8.97. The summed E-state index contributed by atoms with van der Waals surface area (Å²) in [6, 6.07) is 4.82. The van der Waals surface area contributed by atoms with Gasteiger partial charge in [-0.3, -0.25) is 0 Å². The molecule has 2 heterocycles. The number of nitrogens with two attached hydrogens (primary N) is 1. The molecule has 0 radical (unpaired) electrons. The van der Waals surface area contributed by atoms with Crippen LogP contribution in [0.1, 0.15) is 59.3 Å². The number of hydrogen-bond donors (Lipinski definition) is 1. The molecule has 6 nitrogen and oxygen atoms in total. The number of unbranched alkanes of at least 4 members (excludes halogenated alkanes) is 2. The third kappa shape index (κ3) is 1.54. The van der Waals surface area contributed by atoms with Gasteiger partial charge in [0.25, 0.3) is 5.91 Å². The Morgan fingerprint density at radius 3 is 2.25 bits per heavy atom. The van der Waals surface area contributed by atoms with E-state index in [2.05, 4.69) is 31.0 Å². The molecule has 4 atom stereocenters. The van der Waals surface area contributed by atoms with Crippen molar-refractivity contribution in [1.29, 1.82) is 10.5 Å². The van der Waals surface area contributed by atoms with Gasteiger partial charge in [-0.2, -0.15) is 10.5 Å². The fraction of sp³-hybridized carbons (Fsp3) is 0.833. The number of rotatable bonds is 6. The van der Waals surface area contributed by atoms with E-state index in [4.69, 9.17) is 15.2 Å². The number of fused-ring (bicyclic) bond motifs is 2. The minimum absolute atomic E-state index is 0.170. The van der Waals surface area contributed by atoms with Crippen LogP contribution < -0.4 is 5.73 Å². The molecule has 24 heavy (non-hydrogen) atoms. The van der Waals surface area contributed by atoms with Crippen LogP contribution in [0.5, 0.6) is 0 Å². The summed E-state index contributed by atoms with van der Waals surface area (Å²) >= 11 is 0. The zero-order valence-corrected chi connectivity index (χ0v) is 14.8. The molecule has 3 aliphatic rings. The van der Waals surface area contributed by atoms with Crippen LogP contribution >= 0.6 is 0 Å². The van der Waals surface area contributed by atoms with Crippen LogP contribution in [0.2, 0.25) is 0 Å². The zero-order valence-electron chi connectivity index (χ0n) is 14.8. The molecular formula is C18H26N4O2. The van der Waals surface area contributed by atoms with Gasteiger partial charge in [-0.15, -0.1) is 0 Å². The summed E-state index contributed by atoms with van der Waals surface area (Å²) in [5.74, 6) is -1.20. The minimum atomic E-state index is -1.41. The molecule has 6 heteroatoms. The first kappa shape index (κ1) is 17.2. The second-order valence-corrected chi connectivity index (χ2v) is 7.33. The van der Waals surface area contributed by atoms with Crippen molar-refractivity contribution in [2.24, 2.45) is 27.0 Å². The van der Waals surface area contributed by atoms with Crippen LogP contribution in [-0.2, 0) is 9.47 Å². The number of ether oxygens (including phenoxy) is 2. The van der Waals surface area contributed by atoms with E-state index in [0.717, 1.165) is 38.5 Å². The van der Waals surface area contributed by atoms with Gasteiger partial charge in [-0.1, -0.05) is 39.5 Å². The topological polar surface area (TPSA) is 104 Å². The number of aliphatic imine (C=N–C) groups is 1. The molecule has 0 amide bonds. The largest absolute Gasteiger partial charge is 0.386 e. The Hall–Kier alpha value is -1.63. The third-order valence-electron chi connectivity index (χ3n) is 6.19. The molecule has 1 aliphatic carbocycles. The van der Waals surface area contributed by atoms with E-state index in [1.807, 2.05) is 6.92 Å². The van der Waals surface area contributed by atoms with E-state index >= 15 is 0 Å². The van der Waals surface area contributed by atoms with Gasteiger partial charge < -0.3 is 15.2 Å². The van der Waals surface area contributed by atoms with Gasteiger partial charge in [0.1, 0.15) is 11.3 Å². The predicted molar refractivity (Wildman–Crippen MR) is 88.4 cm³/mol. The van der Waals surface area contributed by atoms with E-state index in [1.54, 1.807) is 0 Å². The Balaban J connectivity index is 2.16. The van der Waals surface area contributed by atoms with Gasteiger partial charge in [0.15, 0.2) is 5.41 Å². The second-order valence-electron chi connectivity index (χ2n) is 7.33. The Bertz CT molecular complexity index is 640. The molecule has 0 aromatic rings. The van der Waals surface area contributed by atoms with Crippen LogP contribution in [0.4, 0.5) is 0 Å². The average Bonchev–Trinajstić information content (AvgIpc) is 2.75. The lowest BCUT2D eigenvalue weighted by molar-refractivity contribution is -0.201. The third-order valence-corrected chi connectivity index (χ3v) is 6.19. The molecule has 2 N–H and O–H groups in total. The molecule has 3 rings (SSSR count). The van der Waals surface area contributed by atoms with E-state index < -0.39 is 22.2 Å². The minimum Gasteiger partial charge on any atom is -0.386 e. The lowest BCUT2D eigenvalue weighted by Gasteiger charge is -2.31. The maximum atomic E-state index is 10.2. The molecule has 0 bridgehead atoms. The van der Waals surface area contributed by atoms with Crippen molar-refractivity contribution < 1.29 is 9.47 Å². The molecule has 2 aliphatic heterocycles. The average molecular weight is 330 g/mol. The standard InChI is InChI=1S/C18H26N4O2/c1-4-6-8-15(9-7-5-2)16(11-19)14(21)22-18(17(15,16)12-20)23-10-13(3)24-18/h13H,4-10H2,1-3H3,(H2,21,22)/t13-,16+,17-,18+/m0/s1. The molecule has 2 fully saturated rings. The van der Waals surface area contributed by atoms with Crippen molar-refractivity contribution in [2.45, 2.75) is 71.3 Å². The number of hydrogen-bond acceptors (Lipinski definition) is 6. The summed E-state index contributed by atoms with van der Waals surface area (Å²) in [6.45, 7) is 6.47. The summed E-state index contributed by atoms with van der Waals surface area (Å²) in [7, 11) is 0. The number of nitrogens with zero attached hydrogens (tertiary/aromatic N) is 3. The van der Waals surface area contributed by atoms with E-state index in [-0.39, 0.29) is 11.9 Å². The van der Waals surface area contributed by atoms with Crippen LogP contribution in [0.25, 0.3) is 0 Å². The maximum Gasteiger partial charge on any atom is 0.293 e. The van der Waals surface area contributed by atoms with Gasteiger partial charge in [-0.25, -0.2) is 4.99 Å². The Kier molecular flexibility index (Phi) is 3.90. The molecule has 0 aromatic heterocycles. The predicted octanol–water partition coefficient (Wildman–Crippen LogP) is 2.85. The number of nitriles is 2. The second kappa shape index (κ2) is 5.44. The van der Waals surface area contributed by atoms with Crippen molar-refractivity contribution in [3.8, 4) is 12.1 Å². The SMILES string of the molecule is CCCCC1(CCCC)[C@]2(C#N)[C@@]3(N=C(N)[C@]12C#N)OC[C@H](C)O3. The van der Waals surface area contributed by atoms with Gasteiger partial charge in [0, 0.05) is 5.41 Å². The van der Waals surface area contributed by atoms with Crippen molar-refractivity contribution in [3.63, 3.8) is 0 Å². The summed E-state index contributed by atoms with van der Waals surface area (Å²) in [4.78, 5) is 4.40. The summed E-state index contributed by atoms with van der Waals surface area (Å²) < 4.78 is 11.9. The normalized spacial score (nSPS) is 41.5. The highest BCUT2D eigenvalue weighted by molar-refractivity contribution is 6.00. The van der Waals surface area contributed by atoms with Crippen LogP contribution in [0.3, 0.4) is 0 Å². The molecule has 1 saturated carbocycles. The van der Waals surface area contributed by atoms with Crippen molar-refractivity contribution in [3.05, 3.63) is 0 Å². The van der Waals surface area contributed by atoms with Crippen LogP contribution in [0, 0.1) is 38.9 Å². The quantitative estimate of drug-likeness (QED) is 0.806. The van der Waals surface area contributed by atoms with Gasteiger partial charge >= 0.3 is 0 Å². The van der Waals surface area contributed by atoms with E-state index in [1.165, 1.54) is 0 Å². The van der Waals surface area contributed by atoms with Crippen molar-refractivity contribution >= 4 is 5.84 Å². The number of amidine groups is 1. The van der Waals surface area contributed by atoms with Crippen LogP contribution in [0.15, 0.2) is 4.99 Å². The zero-order chi connectivity index (χ0) is 17.6. The first-order valence-corrected chi connectivity index (χ1v) is 8.97. The van der Waals surface area contributed by atoms with Crippen molar-refractivity contribution in [2.75, 3.05) is 6.61 Å². The Labute approximate surface area is 143 Å². The van der Waals surface area contributed by atoms with Gasteiger partial charge in [0.2, 0.25) is 0 Å². The fourth-order valence-electron chi connectivity index (χ4n) is 5.16. The van der Waals surface area contributed by atoms with E-state index in [9.17, 15) is 10.5 Å². The lowest BCUT2D eigenvalue weighted by Crippen LogP contribution is -2.42. The highest BCUT2D eigenvalue weighted by Crippen LogP contribution is 2.88. The first-order chi connectivity index (χ1) is 11.5. The molecule has 130 valence electrons. The summed E-state index contributed by atoms with van der Waals surface area (Å²) in [6.07, 6.45) is 5.24. The molecular weight excluding hydrogens is 304 g/mol. The van der Waals surface area contributed by atoms with Gasteiger partial charge in [-0.05, 0) is 19.8 Å². The maximum absolute atomic E-state index is 10.2. The summed E-state index contributed by atoms with van der Waals surface area (Å²) in [5, 5.41) is 20.3. The van der Waals surface area contributed by atoms with Crippen molar-refractivity contribution in [1.82, 2.24) is 0 Å². The fourth-order valence-corrected chi connectivity index (χ4v) is 5.16. The smallest absolute Gasteiger partial charge is 0.293 e. The molecule has 0 aromatic carbocycles. The lowest BCUT2D eigenvalue weighted by atomic mass is 9.80. The Morgan fingerprint density at radius 1 is 1.21 bits per heavy atom. The highest BCUT2D eigenvalue weighted by atomic mass is 16.8. The Morgan fingerprint density at radius 2 is 1.83 bits per heavy atom. The molecule has 1 spiro atoms. The molecule has 0 unspecified atom stereocenters. The molecule has 1 saturated heterocycles. The van der Waals surface area contributed by atoms with Crippen LogP contribution in [-0.4, -0.2) is 24.5 Å².